The summed E-state index contributed by atoms with van der Waals surface area (Å²) in [6.07, 6.45) is 2.53. The molecule has 4 rings (SSSR count). The maximum absolute atomic E-state index is 13.1. The van der Waals surface area contributed by atoms with Crippen LogP contribution in [0.25, 0.3) is 0 Å². The second kappa shape index (κ2) is 7.38. The van der Waals surface area contributed by atoms with Crippen LogP contribution < -0.4 is 4.74 Å². The van der Waals surface area contributed by atoms with Gasteiger partial charge in [0, 0.05) is 44.0 Å². The van der Waals surface area contributed by atoms with Crippen LogP contribution in [0.4, 0.5) is 4.39 Å². The zero-order valence-electron chi connectivity index (χ0n) is 15.7. The molecule has 8 heteroatoms. The number of benzene rings is 1. The summed E-state index contributed by atoms with van der Waals surface area (Å²) in [5.41, 5.74) is 1.21. The normalized spacial score (nSPS) is 16.4. The van der Waals surface area contributed by atoms with Crippen molar-refractivity contribution in [2.24, 2.45) is 7.05 Å². The van der Waals surface area contributed by atoms with E-state index in [-0.39, 0.29) is 17.6 Å². The minimum Gasteiger partial charge on any atom is -0.439 e. The van der Waals surface area contributed by atoms with Crippen LogP contribution in [0.1, 0.15) is 34.3 Å². The summed E-state index contributed by atoms with van der Waals surface area (Å²) in [7, 11) is 1.78. The third kappa shape index (κ3) is 3.85. The Morgan fingerprint density at radius 3 is 2.71 bits per heavy atom. The van der Waals surface area contributed by atoms with Gasteiger partial charge in [-0.25, -0.2) is 9.37 Å². The van der Waals surface area contributed by atoms with Crippen molar-refractivity contribution >= 4 is 5.91 Å². The quantitative estimate of drug-likeness (QED) is 0.694. The molecule has 0 N–H and O–H groups in total. The van der Waals surface area contributed by atoms with E-state index in [4.69, 9.17) is 4.74 Å². The lowest BCUT2D eigenvalue weighted by Crippen LogP contribution is -2.29. The van der Waals surface area contributed by atoms with Gasteiger partial charge in [-0.2, -0.15) is 10.1 Å². The fourth-order valence-electron chi connectivity index (χ4n) is 3.27. The highest BCUT2D eigenvalue weighted by molar-refractivity contribution is 5.92. The molecule has 0 radical (unpaired) electrons. The number of hydrogen-bond donors (Lipinski definition) is 0. The smallest absolute Gasteiger partial charge is 0.274 e. The first-order valence-electron chi connectivity index (χ1n) is 9.06. The number of rotatable bonds is 4. The largest absolute Gasteiger partial charge is 0.439 e. The monoisotopic (exact) mass is 381 g/mol. The first-order valence-corrected chi connectivity index (χ1v) is 9.06. The van der Waals surface area contributed by atoms with Gasteiger partial charge in [0.05, 0.1) is 0 Å². The van der Waals surface area contributed by atoms with Crippen molar-refractivity contribution in [1.82, 2.24) is 24.6 Å². The maximum atomic E-state index is 13.1. The third-order valence-electron chi connectivity index (χ3n) is 4.66. The van der Waals surface area contributed by atoms with Crippen molar-refractivity contribution in [2.75, 3.05) is 13.1 Å². The minimum atomic E-state index is -0.324. The van der Waals surface area contributed by atoms with E-state index in [0.717, 1.165) is 12.1 Å². The van der Waals surface area contributed by atoms with Crippen LogP contribution in [0.2, 0.25) is 0 Å². The number of hydrogen-bond acceptors (Lipinski definition) is 5. The van der Waals surface area contributed by atoms with E-state index in [0.29, 0.717) is 36.2 Å². The van der Waals surface area contributed by atoms with Crippen LogP contribution >= 0.6 is 0 Å². The van der Waals surface area contributed by atoms with Gasteiger partial charge in [0.15, 0.2) is 0 Å². The molecule has 1 fully saturated rings. The first kappa shape index (κ1) is 18.1. The summed E-state index contributed by atoms with van der Waals surface area (Å²) < 4.78 is 20.4. The Kier molecular flexibility index (Phi) is 4.77. The van der Waals surface area contributed by atoms with Crippen molar-refractivity contribution < 1.29 is 13.9 Å². The molecule has 28 heavy (non-hydrogen) atoms. The molecule has 144 valence electrons. The van der Waals surface area contributed by atoms with Gasteiger partial charge in [0.2, 0.25) is 5.88 Å². The highest BCUT2D eigenvalue weighted by Gasteiger charge is 2.31. The number of halogens is 1. The van der Waals surface area contributed by atoms with E-state index in [1.165, 1.54) is 12.1 Å². The molecule has 3 heterocycles. The molecular weight excluding hydrogens is 361 g/mol. The van der Waals surface area contributed by atoms with Crippen molar-refractivity contribution in [3.8, 4) is 11.6 Å². The number of ether oxygens (including phenoxy) is 1. The number of aromatic nitrogens is 4. The molecule has 0 spiro atoms. The number of carbonyl (C=O) groups excluding carboxylic acids is 1. The Bertz CT molecular complexity index is 1000. The molecule has 1 aliphatic heterocycles. The highest BCUT2D eigenvalue weighted by Crippen LogP contribution is 2.28. The van der Waals surface area contributed by atoms with Crippen molar-refractivity contribution in [3.05, 3.63) is 65.6 Å². The lowest BCUT2D eigenvalue weighted by Gasteiger charge is -2.15. The summed E-state index contributed by atoms with van der Waals surface area (Å²) in [5.74, 6) is 1.18. The molecule has 1 amide bonds. The van der Waals surface area contributed by atoms with Gasteiger partial charge in [-0.3, -0.25) is 9.48 Å². The van der Waals surface area contributed by atoms with Gasteiger partial charge in [0.25, 0.3) is 5.91 Å². The topological polar surface area (TPSA) is 73.1 Å². The molecule has 2 aromatic heterocycles. The Morgan fingerprint density at radius 1 is 1.21 bits per heavy atom. The summed E-state index contributed by atoms with van der Waals surface area (Å²) in [4.78, 5) is 23.4. The lowest BCUT2D eigenvalue weighted by atomic mass is 10.1. The molecule has 1 atom stereocenters. The van der Waals surface area contributed by atoms with E-state index in [2.05, 4.69) is 15.1 Å². The SMILES string of the molecule is Cc1cc(Oc2ccc(F)cc2)nc([C@H]2CCN(C(=O)c3ccn(C)n3)C2)n1. The van der Waals surface area contributed by atoms with Crippen molar-refractivity contribution in [3.63, 3.8) is 0 Å². The predicted octanol–water partition coefficient (Wildman–Crippen LogP) is 3.08. The van der Waals surface area contributed by atoms with Gasteiger partial charge in [-0.15, -0.1) is 0 Å². The summed E-state index contributed by atoms with van der Waals surface area (Å²) in [6, 6.07) is 9.22. The van der Waals surface area contributed by atoms with Gasteiger partial charge in [-0.05, 0) is 43.7 Å². The average Bonchev–Trinajstić information content (AvgIpc) is 3.32. The Labute approximate surface area is 161 Å². The second-order valence-corrected chi connectivity index (χ2v) is 6.87. The summed E-state index contributed by atoms with van der Waals surface area (Å²) >= 11 is 0. The summed E-state index contributed by atoms with van der Waals surface area (Å²) in [5, 5.41) is 4.18. The van der Waals surface area contributed by atoms with E-state index in [9.17, 15) is 9.18 Å². The van der Waals surface area contributed by atoms with Crippen LogP contribution in [0.15, 0.2) is 42.6 Å². The first-order chi connectivity index (χ1) is 13.5. The van der Waals surface area contributed by atoms with Gasteiger partial charge in [0.1, 0.15) is 23.1 Å². The van der Waals surface area contributed by atoms with E-state index < -0.39 is 0 Å². The molecule has 0 aliphatic carbocycles. The summed E-state index contributed by atoms with van der Waals surface area (Å²) in [6.45, 7) is 3.04. The fourth-order valence-corrected chi connectivity index (χ4v) is 3.27. The number of nitrogens with zero attached hydrogens (tertiary/aromatic N) is 5. The predicted molar refractivity (Wildman–Crippen MR) is 99.7 cm³/mol. The molecule has 1 aromatic carbocycles. The molecule has 1 aliphatic rings. The number of carbonyl (C=O) groups is 1. The Morgan fingerprint density at radius 2 is 2.00 bits per heavy atom. The average molecular weight is 381 g/mol. The second-order valence-electron chi connectivity index (χ2n) is 6.87. The zero-order valence-corrected chi connectivity index (χ0v) is 15.7. The van der Waals surface area contributed by atoms with Gasteiger partial charge >= 0.3 is 0 Å². The van der Waals surface area contributed by atoms with E-state index in [1.807, 2.05) is 6.92 Å². The molecular formula is C20H20FN5O2. The van der Waals surface area contributed by atoms with Crippen LogP contribution in [-0.4, -0.2) is 43.6 Å². The van der Waals surface area contributed by atoms with E-state index >= 15 is 0 Å². The number of likely N-dealkylation sites (tertiary alicyclic amines) is 1. The molecule has 7 nitrogen and oxygen atoms in total. The lowest BCUT2D eigenvalue weighted by molar-refractivity contribution is 0.0784. The minimum absolute atomic E-state index is 0.0307. The van der Waals surface area contributed by atoms with Gasteiger partial charge in [-0.1, -0.05) is 0 Å². The molecule has 3 aromatic rings. The molecule has 0 bridgehead atoms. The maximum Gasteiger partial charge on any atom is 0.274 e. The van der Waals surface area contributed by atoms with Crippen LogP contribution in [0, 0.1) is 12.7 Å². The Hall–Kier alpha value is -3.29. The standard InChI is InChI=1S/C20H20FN5O2/c1-13-11-18(28-16-5-3-15(21)4-6-16)23-19(22-13)14-7-10-26(12-14)20(27)17-8-9-25(2)24-17/h3-6,8-9,11,14H,7,10,12H2,1-2H3/t14-/m0/s1. The van der Waals surface area contributed by atoms with Crippen LogP contribution in [-0.2, 0) is 7.05 Å². The number of aryl methyl sites for hydroxylation is 2. The number of amides is 1. The third-order valence-corrected chi connectivity index (χ3v) is 4.66. The molecule has 0 unspecified atom stereocenters. The molecule has 1 saturated heterocycles. The van der Waals surface area contributed by atoms with Crippen molar-refractivity contribution in [1.29, 1.82) is 0 Å². The highest BCUT2D eigenvalue weighted by atomic mass is 19.1. The van der Waals surface area contributed by atoms with Gasteiger partial charge < -0.3 is 9.64 Å². The molecule has 0 saturated carbocycles. The zero-order chi connectivity index (χ0) is 19.7. The fraction of sp³-hybridized carbons (Fsp3) is 0.300. The van der Waals surface area contributed by atoms with E-state index in [1.54, 1.807) is 47.1 Å². The Balaban J connectivity index is 1.49. The van der Waals surface area contributed by atoms with Crippen molar-refractivity contribution in [2.45, 2.75) is 19.3 Å². The van der Waals surface area contributed by atoms with Crippen LogP contribution in [0.3, 0.4) is 0 Å². The van der Waals surface area contributed by atoms with Crippen LogP contribution in [0.5, 0.6) is 11.6 Å².